The minimum absolute atomic E-state index is 0.0567. The van der Waals surface area contributed by atoms with Crippen LogP contribution in [0.1, 0.15) is 17.0 Å². The number of alkyl carbamates (subject to hydrolysis) is 1. The number of benzene rings is 2. The lowest BCUT2D eigenvalue weighted by Gasteiger charge is -2.14. The van der Waals surface area contributed by atoms with Gasteiger partial charge in [-0.2, -0.15) is 0 Å². The first kappa shape index (κ1) is 23.6. The van der Waals surface area contributed by atoms with Crippen LogP contribution in [0.3, 0.4) is 0 Å². The van der Waals surface area contributed by atoms with E-state index < -0.39 is 48.9 Å². The summed E-state index contributed by atoms with van der Waals surface area (Å²) in [6.45, 7) is -1.09. The van der Waals surface area contributed by atoms with E-state index in [2.05, 4.69) is 10.6 Å². The van der Waals surface area contributed by atoms with Crippen LogP contribution >= 0.6 is 0 Å². The number of aliphatic carboxylic acids is 1. The molecular weight excluding hydrogens is 450 g/mol. The number of amides is 2. The summed E-state index contributed by atoms with van der Waals surface area (Å²) < 4.78 is 38.2. The van der Waals surface area contributed by atoms with Crippen LogP contribution in [0.5, 0.6) is 0 Å². The van der Waals surface area contributed by atoms with Crippen molar-refractivity contribution in [2.45, 2.75) is 11.8 Å². The number of halogens is 2. The van der Waals surface area contributed by atoms with Crippen molar-refractivity contribution in [1.29, 1.82) is 0 Å². The first-order chi connectivity index (χ1) is 16.3. The van der Waals surface area contributed by atoms with Gasteiger partial charge in [0.15, 0.2) is 0 Å². The summed E-state index contributed by atoms with van der Waals surface area (Å²) in [6, 6.07) is 15.7. The third kappa shape index (κ3) is 4.86. The van der Waals surface area contributed by atoms with Crippen LogP contribution in [0.15, 0.2) is 48.5 Å². The van der Waals surface area contributed by atoms with Gasteiger partial charge in [0.1, 0.15) is 19.1 Å². The summed E-state index contributed by atoms with van der Waals surface area (Å²) in [4.78, 5) is 34.5. The largest absolute Gasteiger partial charge is 0.480 e. The number of ether oxygens (including phenoxy) is 2. The highest BCUT2D eigenvalue weighted by molar-refractivity contribution is 5.84. The maximum Gasteiger partial charge on any atom is 0.407 e. The topological polar surface area (TPSA) is 114 Å². The maximum absolute atomic E-state index is 14.0. The fourth-order valence-electron chi connectivity index (χ4n) is 4.36. The monoisotopic (exact) mass is 474 g/mol. The van der Waals surface area contributed by atoms with E-state index in [1.807, 2.05) is 48.5 Å². The lowest BCUT2D eigenvalue weighted by atomic mass is 9.98. The molecule has 34 heavy (non-hydrogen) atoms. The fraction of sp³-hybridized carbons (Fsp3) is 0.375. The number of hydrogen-bond donors (Lipinski definition) is 3. The fourth-order valence-corrected chi connectivity index (χ4v) is 4.36. The molecule has 0 aliphatic heterocycles. The van der Waals surface area contributed by atoms with Gasteiger partial charge in [-0.05, 0) is 22.3 Å². The van der Waals surface area contributed by atoms with E-state index in [9.17, 15) is 23.2 Å². The number of nitrogens with one attached hydrogen (secondary N) is 2. The maximum atomic E-state index is 14.0. The molecule has 0 aromatic heterocycles. The van der Waals surface area contributed by atoms with Gasteiger partial charge in [-0.15, -0.1) is 0 Å². The average molecular weight is 474 g/mol. The van der Waals surface area contributed by atoms with Crippen molar-refractivity contribution < 1.29 is 37.7 Å². The number of alkyl halides is 2. The Morgan fingerprint density at radius 1 is 0.971 bits per heavy atom. The number of fused-ring (bicyclic) bond motifs is 3. The van der Waals surface area contributed by atoms with Gasteiger partial charge in [0.05, 0.1) is 12.5 Å². The highest BCUT2D eigenvalue weighted by Gasteiger charge is 2.71. The zero-order chi connectivity index (χ0) is 24.3. The van der Waals surface area contributed by atoms with Crippen molar-refractivity contribution in [3.8, 4) is 11.1 Å². The molecule has 2 aliphatic rings. The minimum atomic E-state index is -3.25. The molecule has 0 radical (unpaired) electrons. The Morgan fingerprint density at radius 2 is 1.59 bits per heavy atom. The van der Waals surface area contributed by atoms with Crippen molar-refractivity contribution >= 4 is 18.0 Å². The number of carbonyl (C=O) groups is 3. The Kier molecular flexibility index (Phi) is 6.78. The molecule has 10 heteroatoms. The van der Waals surface area contributed by atoms with Gasteiger partial charge in [-0.25, -0.2) is 18.4 Å². The van der Waals surface area contributed by atoms with Crippen molar-refractivity contribution in [1.82, 2.24) is 10.6 Å². The highest BCUT2D eigenvalue weighted by atomic mass is 19.3. The Bertz CT molecular complexity index is 1050. The van der Waals surface area contributed by atoms with Crippen molar-refractivity contribution in [2.24, 2.45) is 11.8 Å². The normalized spacial score (nSPS) is 19.6. The zero-order valence-corrected chi connectivity index (χ0v) is 18.1. The molecule has 2 aliphatic carbocycles. The average Bonchev–Trinajstić information content (AvgIpc) is 3.22. The predicted molar refractivity (Wildman–Crippen MR) is 116 cm³/mol. The number of carboxylic acid groups (broad SMARTS) is 1. The quantitative estimate of drug-likeness (QED) is 0.456. The number of carboxylic acids is 1. The molecule has 0 spiro atoms. The second kappa shape index (κ2) is 9.76. The molecule has 4 rings (SSSR count). The summed E-state index contributed by atoms with van der Waals surface area (Å²) in [5.41, 5.74) is 4.22. The van der Waals surface area contributed by atoms with E-state index in [0.29, 0.717) is 0 Å². The molecule has 0 bridgehead atoms. The molecule has 0 heterocycles. The van der Waals surface area contributed by atoms with Crippen molar-refractivity contribution in [2.75, 3.05) is 32.9 Å². The first-order valence-electron chi connectivity index (χ1n) is 10.8. The van der Waals surface area contributed by atoms with Crippen LogP contribution in [0.4, 0.5) is 13.6 Å². The van der Waals surface area contributed by atoms with E-state index in [4.69, 9.17) is 14.6 Å². The van der Waals surface area contributed by atoms with Crippen LogP contribution in [-0.4, -0.2) is 61.9 Å². The lowest BCUT2D eigenvalue weighted by Crippen LogP contribution is -2.32. The van der Waals surface area contributed by atoms with Crippen LogP contribution in [0, 0.1) is 11.8 Å². The van der Waals surface area contributed by atoms with Crippen LogP contribution in [-0.2, 0) is 19.1 Å². The third-order valence-corrected chi connectivity index (χ3v) is 6.07. The Morgan fingerprint density at radius 3 is 2.21 bits per heavy atom. The summed E-state index contributed by atoms with van der Waals surface area (Å²) >= 11 is 0. The molecule has 2 amide bonds. The van der Waals surface area contributed by atoms with Gasteiger partial charge >= 0.3 is 12.1 Å². The van der Waals surface area contributed by atoms with Crippen molar-refractivity contribution in [3.05, 3.63) is 59.7 Å². The SMILES string of the molecule is O=C(O)COCCNC(=O)C1C(CNC(=O)OCC2c3ccccc3-c3ccccc32)C1(F)F. The number of hydrogen-bond acceptors (Lipinski definition) is 5. The third-order valence-electron chi connectivity index (χ3n) is 6.07. The van der Waals surface area contributed by atoms with E-state index in [-0.39, 0.29) is 25.7 Å². The molecule has 2 unspecified atom stereocenters. The molecule has 8 nitrogen and oxygen atoms in total. The summed E-state index contributed by atoms with van der Waals surface area (Å²) in [6.07, 6.45) is -0.828. The van der Waals surface area contributed by atoms with E-state index in [0.717, 1.165) is 22.3 Å². The summed E-state index contributed by atoms with van der Waals surface area (Å²) in [7, 11) is 0. The van der Waals surface area contributed by atoms with E-state index in [1.165, 1.54) is 0 Å². The van der Waals surface area contributed by atoms with Crippen LogP contribution in [0.2, 0.25) is 0 Å². The van der Waals surface area contributed by atoms with Gasteiger partial charge in [-0.1, -0.05) is 48.5 Å². The Labute approximate surface area is 194 Å². The molecule has 3 N–H and O–H groups in total. The van der Waals surface area contributed by atoms with Gasteiger partial charge < -0.3 is 25.2 Å². The molecule has 2 aromatic rings. The highest BCUT2D eigenvalue weighted by Crippen LogP contribution is 2.55. The standard InChI is InChI=1S/C24H24F2N2O6/c25-24(26)19(21(24)22(31)27-9-10-33-13-20(29)30)11-28-23(32)34-12-18-16-7-3-1-5-14(16)15-6-2-4-8-17(15)18/h1-8,18-19,21H,9-13H2,(H,27,31)(H,28,32)(H,29,30). The predicted octanol–water partition coefficient (Wildman–Crippen LogP) is 2.62. The summed E-state index contributed by atoms with van der Waals surface area (Å²) in [5.74, 6) is -8.35. The number of rotatable bonds is 10. The zero-order valence-electron chi connectivity index (χ0n) is 18.1. The molecular formula is C24H24F2N2O6. The molecule has 1 saturated carbocycles. The minimum Gasteiger partial charge on any atom is -0.480 e. The first-order valence-corrected chi connectivity index (χ1v) is 10.8. The molecule has 2 atom stereocenters. The molecule has 0 saturated heterocycles. The van der Waals surface area contributed by atoms with Crippen molar-refractivity contribution in [3.63, 3.8) is 0 Å². The lowest BCUT2D eigenvalue weighted by molar-refractivity contribution is -0.142. The van der Waals surface area contributed by atoms with Gasteiger partial charge in [0, 0.05) is 19.0 Å². The molecule has 1 fully saturated rings. The molecule has 2 aromatic carbocycles. The number of carbonyl (C=O) groups excluding carboxylic acids is 2. The Balaban J connectivity index is 1.24. The second-order valence-electron chi connectivity index (χ2n) is 8.20. The van der Waals surface area contributed by atoms with E-state index in [1.54, 1.807) is 0 Å². The van der Waals surface area contributed by atoms with Gasteiger partial charge in [-0.3, -0.25) is 4.79 Å². The van der Waals surface area contributed by atoms with Crippen LogP contribution < -0.4 is 10.6 Å². The summed E-state index contributed by atoms with van der Waals surface area (Å²) in [5, 5.41) is 13.1. The van der Waals surface area contributed by atoms with E-state index >= 15 is 0 Å². The Hall–Kier alpha value is -3.53. The smallest absolute Gasteiger partial charge is 0.407 e. The van der Waals surface area contributed by atoms with Crippen LogP contribution in [0.25, 0.3) is 11.1 Å². The molecule has 180 valence electrons. The second-order valence-corrected chi connectivity index (χ2v) is 8.20. The van der Waals surface area contributed by atoms with Gasteiger partial charge in [0.25, 0.3) is 5.92 Å². The van der Waals surface area contributed by atoms with Gasteiger partial charge in [0.2, 0.25) is 5.91 Å².